The largest absolute Gasteiger partial charge is 0.370 e. The zero-order valence-corrected chi connectivity index (χ0v) is 10.9. The summed E-state index contributed by atoms with van der Waals surface area (Å²) in [5.74, 6) is 0. The first-order chi connectivity index (χ1) is 8.20. The van der Waals surface area contributed by atoms with Crippen LogP contribution < -0.4 is 5.73 Å². The third-order valence-corrected chi connectivity index (χ3v) is 3.48. The molecule has 0 radical (unpaired) electrons. The van der Waals surface area contributed by atoms with Crippen molar-refractivity contribution in [1.29, 1.82) is 0 Å². The molecular weight excluding hydrogens is 214 g/mol. The number of aryl methyl sites for hydroxylation is 2. The predicted molar refractivity (Wildman–Crippen MR) is 67.7 cm³/mol. The summed E-state index contributed by atoms with van der Waals surface area (Å²) in [6.07, 6.45) is 4.90. The summed E-state index contributed by atoms with van der Waals surface area (Å²) >= 11 is 0. The zero-order chi connectivity index (χ0) is 12.3. The maximum Gasteiger partial charge on any atom is 0.0889 e. The number of nitrogens with zero attached hydrogens (tertiary/aromatic N) is 2. The molecule has 0 aliphatic heterocycles. The molecule has 1 heterocycles. The third-order valence-electron chi connectivity index (χ3n) is 3.48. The van der Waals surface area contributed by atoms with Crippen molar-refractivity contribution in [3.05, 3.63) is 17.5 Å². The van der Waals surface area contributed by atoms with Gasteiger partial charge in [-0.15, -0.1) is 0 Å². The van der Waals surface area contributed by atoms with E-state index in [1.54, 1.807) is 0 Å². The normalized spacial score (nSPS) is 25.1. The van der Waals surface area contributed by atoms with Gasteiger partial charge in [-0.2, -0.15) is 5.10 Å². The van der Waals surface area contributed by atoms with Gasteiger partial charge >= 0.3 is 0 Å². The molecule has 2 atom stereocenters. The highest BCUT2D eigenvalue weighted by Gasteiger charge is 2.22. The molecule has 4 nitrogen and oxygen atoms in total. The minimum atomic E-state index is 0.211. The van der Waals surface area contributed by atoms with Gasteiger partial charge in [0.2, 0.25) is 0 Å². The summed E-state index contributed by atoms with van der Waals surface area (Å²) in [5, 5.41) is 4.42. The predicted octanol–water partition coefficient (Wildman–Crippen LogP) is 2.00. The molecule has 1 aromatic rings. The van der Waals surface area contributed by atoms with Crippen LogP contribution in [0.4, 0.5) is 0 Å². The van der Waals surface area contributed by atoms with Gasteiger partial charge in [-0.3, -0.25) is 4.68 Å². The standard InChI is InChI=1S/C13H23N3O/c1-3-16-11(8-10(2)15-16)9-17-13-7-5-4-6-12(13)14/h8,12-13H,3-7,9,14H2,1-2H3. The van der Waals surface area contributed by atoms with Gasteiger partial charge < -0.3 is 10.5 Å². The Hall–Kier alpha value is -0.870. The fraction of sp³-hybridized carbons (Fsp3) is 0.769. The van der Waals surface area contributed by atoms with Crippen molar-refractivity contribution < 1.29 is 4.74 Å². The molecule has 0 bridgehead atoms. The maximum absolute atomic E-state index is 6.07. The Balaban J connectivity index is 1.92. The number of hydrogen-bond acceptors (Lipinski definition) is 3. The van der Waals surface area contributed by atoms with Crippen LogP contribution in [0.15, 0.2) is 6.07 Å². The van der Waals surface area contributed by atoms with Crippen molar-refractivity contribution in [2.24, 2.45) is 5.73 Å². The Morgan fingerprint density at radius 3 is 2.94 bits per heavy atom. The molecule has 0 aromatic carbocycles. The van der Waals surface area contributed by atoms with Crippen LogP contribution in [0, 0.1) is 6.92 Å². The van der Waals surface area contributed by atoms with Gasteiger partial charge in [0.05, 0.1) is 24.1 Å². The summed E-state index contributed by atoms with van der Waals surface area (Å²) in [7, 11) is 0. The van der Waals surface area contributed by atoms with E-state index < -0.39 is 0 Å². The monoisotopic (exact) mass is 237 g/mol. The van der Waals surface area contributed by atoms with Gasteiger partial charge in [0.1, 0.15) is 0 Å². The molecule has 0 amide bonds. The summed E-state index contributed by atoms with van der Waals surface area (Å²) in [5.41, 5.74) is 8.28. The second kappa shape index (κ2) is 5.65. The van der Waals surface area contributed by atoms with E-state index in [-0.39, 0.29) is 12.1 Å². The van der Waals surface area contributed by atoms with E-state index in [1.165, 1.54) is 12.8 Å². The fourth-order valence-corrected chi connectivity index (χ4v) is 2.51. The quantitative estimate of drug-likeness (QED) is 0.871. The second-order valence-electron chi connectivity index (χ2n) is 4.89. The van der Waals surface area contributed by atoms with Crippen LogP contribution in [-0.2, 0) is 17.9 Å². The Kier molecular flexibility index (Phi) is 4.18. The van der Waals surface area contributed by atoms with E-state index in [1.807, 2.05) is 11.6 Å². The molecule has 2 N–H and O–H groups in total. The summed E-state index contributed by atoms with van der Waals surface area (Å²) < 4.78 is 7.95. The number of rotatable bonds is 4. The van der Waals surface area contributed by atoms with Crippen molar-refractivity contribution in [3.63, 3.8) is 0 Å². The number of aromatic nitrogens is 2. The molecule has 1 aliphatic rings. The van der Waals surface area contributed by atoms with Crippen LogP contribution in [0.3, 0.4) is 0 Å². The Morgan fingerprint density at radius 2 is 2.24 bits per heavy atom. The third kappa shape index (κ3) is 3.07. The van der Waals surface area contributed by atoms with Gasteiger partial charge in [-0.25, -0.2) is 0 Å². The van der Waals surface area contributed by atoms with Crippen molar-refractivity contribution in [2.75, 3.05) is 0 Å². The van der Waals surface area contributed by atoms with Gasteiger partial charge in [0.25, 0.3) is 0 Å². The smallest absolute Gasteiger partial charge is 0.0889 e. The molecule has 0 spiro atoms. The molecule has 4 heteroatoms. The van der Waals surface area contributed by atoms with Crippen molar-refractivity contribution >= 4 is 0 Å². The molecule has 17 heavy (non-hydrogen) atoms. The lowest BCUT2D eigenvalue weighted by atomic mass is 9.93. The van der Waals surface area contributed by atoms with Crippen LogP contribution in [0.2, 0.25) is 0 Å². The first-order valence-electron chi connectivity index (χ1n) is 6.61. The van der Waals surface area contributed by atoms with Gasteiger partial charge in [-0.1, -0.05) is 12.8 Å². The van der Waals surface area contributed by atoms with E-state index in [2.05, 4.69) is 18.1 Å². The Morgan fingerprint density at radius 1 is 1.47 bits per heavy atom. The van der Waals surface area contributed by atoms with E-state index in [9.17, 15) is 0 Å². The van der Waals surface area contributed by atoms with Crippen molar-refractivity contribution in [3.8, 4) is 0 Å². The minimum Gasteiger partial charge on any atom is -0.370 e. The van der Waals surface area contributed by atoms with Crippen LogP contribution in [0.1, 0.15) is 44.0 Å². The lowest BCUT2D eigenvalue weighted by Crippen LogP contribution is -2.39. The molecule has 1 fully saturated rings. The highest BCUT2D eigenvalue weighted by molar-refractivity contribution is 5.07. The van der Waals surface area contributed by atoms with E-state index in [0.717, 1.165) is 30.8 Å². The summed E-state index contributed by atoms with van der Waals surface area (Å²) in [4.78, 5) is 0. The first-order valence-corrected chi connectivity index (χ1v) is 6.61. The first kappa shape index (κ1) is 12.6. The summed E-state index contributed by atoms with van der Waals surface area (Å²) in [6.45, 7) is 5.64. The number of nitrogens with two attached hydrogens (primary N) is 1. The maximum atomic E-state index is 6.07. The topological polar surface area (TPSA) is 53.1 Å². The second-order valence-corrected chi connectivity index (χ2v) is 4.89. The van der Waals surface area contributed by atoms with Gasteiger partial charge in [-0.05, 0) is 32.8 Å². The van der Waals surface area contributed by atoms with Gasteiger partial charge in [0, 0.05) is 12.6 Å². The Bertz CT molecular complexity index is 362. The van der Waals surface area contributed by atoms with E-state index in [4.69, 9.17) is 10.5 Å². The molecule has 1 saturated carbocycles. The van der Waals surface area contributed by atoms with Crippen LogP contribution in [-0.4, -0.2) is 21.9 Å². The average Bonchev–Trinajstić information content (AvgIpc) is 2.69. The zero-order valence-electron chi connectivity index (χ0n) is 10.9. The van der Waals surface area contributed by atoms with E-state index >= 15 is 0 Å². The molecule has 2 unspecified atom stereocenters. The van der Waals surface area contributed by atoms with Gasteiger partial charge in [0.15, 0.2) is 0 Å². The van der Waals surface area contributed by atoms with E-state index in [0.29, 0.717) is 6.61 Å². The molecule has 1 aromatic heterocycles. The molecule has 2 rings (SSSR count). The minimum absolute atomic E-state index is 0.211. The molecule has 1 aliphatic carbocycles. The van der Waals surface area contributed by atoms with Crippen molar-refractivity contribution in [1.82, 2.24) is 9.78 Å². The lowest BCUT2D eigenvalue weighted by Gasteiger charge is -2.28. The highest BCUT2D eigenvalue weighted by Crippen LogP contribution is 2.21. The van der Waals surface area contributed by atoms with Crippen LogP contribution >= 0.6 is 0 Å². The van der Waals surface area contributed by atoms with Crippen molar-refractivity contribution in [2.45, 2.75) is 64.8 Å². The SMILES string of the molecule is CCn1nc(C)cc1COC1CCCCC1N. The highest BCUT2D eigenvalue weighted by atomic mass is 16.5. The average molecular weight is 237 g/mol. The van der Waals surface area contributed by atoms with Crippen LogP contribution in [0.5, 0.6) is 0 Å². The Labute approximate surface area is 103 Å². The lowest BCUT2D eigenvalue weighted by molar-refractivity contribution is 0.00105. The molecule has 0 saturated heterocycles. The number of hydrogen-bond donors (Lipinski definition) is 1. The molecule has 96 valence electrons. The molecular formula is C13H23N3O. The van der Waals surface area contributed by atoms with Crippen LogP contribution in [0.25, 0.3) is 0 Å². The fourth-order valence-electron chi connectivity index (χ4n) is 2.51. The summed E-state index contributed by atoms with van der Waals surface area (Å²) in [6, 6.07) is 2.31. The number of ether oxygens (including phenoxy) is 1.